The Balaban J connectivity index is 2.99. The molecule has 5 nitrogen and oxygen atoms in total. The van der Waals surface area contributed by atoms with Crippen LogP contribution in [0.25, 0.3) is 0 Å². The normalized spacial score (nSPS) is 9.77. The molecule has 0 aliphatic carbocycles. The van der Waals surface area contributed by atoms with Crippen molar-refractivity contribution in [2.24, 2.45) is 0 Å². The summed E-state index contributed by atoms with van der Waals surface area (Å²) >= 11 is 0. The van der Waals surface area contributed by atoms with Gasteiger partial charge in [0, 0.05) is 6.20 Å². The van der Waals surface area contributed by atoms with Gasteiger partial charge in [-0.25, -0.2) is 15.4 Å². The second-order valence-electron chi connectivity index (χ2n) is 2.58. The SMILES string of the molecule is CONC(=O)c1nc(C)ncc1C. The number of amides is 1. The maximum atomic E-state index is 11.3. The number of carbonyl (C=O) groups excluding carboxylic acids is 1. The highest BCUT2D eigenvalue weighted by atomic mass is 16.6. The van der Waals surface area contributed by atoms with Crippen molar-refractivity contribution in [1.29, 1.82) is 0 Å². The molecular formula is C8H11N3O2. The average molecular weight is 181 g/mol. The molecule has 0 atom stereocenters. The third-order valence-electron chi connectivity index (χ3n) is 1.50. The molecule has 1 rings (SSSR count). The van der Waals surface area contributed by atoms with Gasteiger partial charge in [0.1, 0.15) is 11.5 Å². The van der Waals surface area contributed by atoms with E-state index in [4.69, 9.17) is 0 Å². The highest BCUT2D eigenvalue weighted by Crippen LogP contribution is 2.02. The standard InChI is InChI=1S/C8H11N3O2/c1-5-4-9-6(2)10-7(5)8(12)11-13-3/h4H,1-3H3,(H,11,12). The smallest absolute Gasteiger partial charge is 0.277 e. The molecule has 0 aliphatic heterocycles. The summed E-state index contributed by atoms with van der Waals surface area (Å²) in [7, 11) is 1.38. The predicted octanol–water partition coefficient (Wildman–Crippen LogP) is 0.385. The van der Waals surface area contributed by atoms with E-state index in [1.54, 1.807) is 20.0 Å². The van der Waals surface area contributed by atoms with E-state index in [-0.39, 0.29) is 5.91 Å². The second-order valence-corrected chi connectivity index (χ2v) is 2.58. The van der Waals surface area contributed by atoms with Crippen LogP contribution in [-0.4, -0.2) is 23.0 Å². The van der Waals surface area contributed by atoms with Crippen LogP contribution in [0.1, 0.15) is 21.9 Å². The van der Waals surface area contributed by atoms with Gasteiger partial charge in [-0.05, 0) is 19.4 Å². The number of carbonyl (C=O) groups is 1. The maximum Gasteiger partial charge on any atom is 0.293 e. The lowest BCUT2D eigenvalue weighted by Gasteiger charge is -2.04. The first kappa shape index (κ1) is 9.60. The Morgan fingerprint density at radius 3 is 2.85 bits per heavy atom. The number of hydroxylamine groups is 1. The highest BCUT2D eigenvalue weighted by Gasteiger charge is 2.10. The van der Waals surface area contributed by atoms with Crippen LogP contribution in [0.4, 0.5) is 0 Å². The summed E-state index contributed by atoms with van der Waals surface area (Å²) in [5.74, 6) is 0.206. The Kier molecular flexibility index (Phi) is 2.92. The molecule has 1 aromatic rings. The first-order valence-corrected chi connectivity index (χ1v) is 3.78. The lowest BCUT2D eigenvalue weighted by Crippen LogP contribution is -2.24. The number of nitrogens with one attached hydrogen (secondary N) is 1. The van der Waals surface area contributed by atoms with Gasteiger partial charge in [0.15, 0.2) is 0 Å². The zero-order valence-electron chi connectivity index (χ0n) is 7.79. The van der Waals surface area contributed by atoms with Crippen molar-refractivity contribution in [3.63, 3.8) is 0 Å². The molecule has 1 amide bonds. The van der Waals surface area contributed by atoms with E-state index in [0.717, 1.165) is 5.56 Å². The Bertz CT molecular complexity index is 325. The Morgan fingerprint density at radius 2 is 2.23 bits per heavy atom. The Morgan fingerprint density at radius 1 is 1.54 bits per heavy atom. The van der Waals surface area contributed by atoms with Crippen molar-refractivity contribution in [1.82, 2.24) is 15.4 Å². The monoisotopic (exact) mass is 181 g/mol. The van der Waals surface area contributed by atoms with Crippen LogP contribution in [0.2, 0.25) is 0 Å². The van der Waals surface area contributed by atoms with Crippen molar-refractivity contribution in [3.8, 4) is 0 Å². The topological polar surface area (TPSA) is 64.1 Å². The number of aromatic nitrogens is 2. The van der Waals surface area contributed by atoms with E-state index in [1.807, 2.05) is 0 Å². The lowest BCUT2D eigenvalue weighted by atomic mass is 10.2. The summed E-state index contributed by atoms with van der Waals surface area (Å²) in [5.41, 5.74) is 3.27. The van der Waals surface area contributed by atoms with Gasteiger partial charge < -0.3 is 0 Å². The van der Waals surface area contributed by atoms with Gasteiger partial charge in [0.05, 0.1) is 7.11 Å². The molecule has 0 fully saturated rings. The van der Waals surface area contributed by atoms with Crippen molar-refractivity contribution < 1.29 is 9.63 Å². The summed E-state index contributed by atoms with van der Waals surface area (Å²) in [5, 5.41) is 0. The van der Waals surface area contributed by atoms with Gasteiger partial charge in [0.25, 0.3) is 5.91 Å². The fourth-order valence-corrected chi connectivity index (χ4v) is 0.901. The molecule has 13 heavy (non-hydrogen) atoms. The first-order valence-electron chi connectivity index (χ1n) is 3.78. The number of hydrogen-bond acceptors (Lipinski definition) is 4. The Hall–Kier alpha value is -1.49. The van der Waals surface area contributed by atoms with E-state index in [0.29, 0.717) is 11.5 Å². The quantitative estimate of drug-likeness (QED) is 0.670. The molecule has 0 bridgehead atoms. The zero-order chi connectivity index (χ0) is 9.84. The average Bonchev–Trinajstić information content (AvgIpc) is 2.09. The van der Waals surface area contributed by atoms with Gasteiger partial charge in [-0.15, -0.1) is 0 Å². The molecule has 0 spiro atoms. The molecular weight excluding hydrogens is 170 g/mol. The zero-order valence-corrected chi connectivity index (χ0v) is 7.79. The van der Waals surface area contributed by atoms with Crippen LogP contribution >= 0.6 is 0 Å². The van der Waals surface area contributed by atoms with Crippen molar-refractivity contribution in [3.05, 3.63) is 23.3 Å². The maximum absolute atomic E-state index is 11.3. The summed E-state index contributed by atoms with van der Waals surface area (Å²) < 4.78 is 0. The minimum absolute atomic E-state index is 0.342. The third-order valence-corrected chi connectivity index (χ3v) is 1.50. The van der Waals surface area contributed by atoms with E-state index in [1.165, 1.54) is 7.11 Å². The Labute approximate surface area is 76.1 Å². The van der Waals surface area contributed by atoms with Crippen LogP contribution in [0.3, 0.4) is 0 Å². The summed E-state index contributed by atoms with van der Waals surface area (Å²) in [4.78, 5) is 23.7. The fourth-order valence-electron chi connectivity index (χ4n) is 0.901. The number of hydrogen-bond donors (Lipinski definition) is 1. The third kappa shape index (κ3) is 2.22. The molecule has 0 unspecified atom stereocenters. The molecule has 0 aliphatic rings. The van der Waals surface area contributed by atoms with E-state index in [2.05, 4.69) is 20.3 Å². The largest absolute Gasteiger partial charge is 0.293 e. The van der Waals surface area contributed by atoms with E-state index in [9.17, 15) is 4.79 Å². The van der Waals surface area contributed by atoms with Crippen molar-refractivity contribution in [2.45, 2.75) is 13.8 Å². The number of nitrogens with zero attached hydrogens (tertiary/aromatic N) is 2. The molecule has 0 saturated carbocycles. The highest BCUT2D eigenvalue weighted by molar-refractivity contribution is 5.92. The van der Waals surface area contributed by atoms with Crippen molar-refractivity contribution >= 4 is 5.91 Å². The summed E-state index contributed by atoms with van der Waals surface area (Å²) in [6.07, 6.45) is 1.60. The first-order chi connectivity index (χ1) is 6.15. The van der Waals surface area contributed by atoms with Gasteiger partial charge in [-0.2, -0.15) is 0 Å². The van der Waals surface area contributed by atoms with Crippen LogP contribution in [-0.2, 0) is 4.84 Å². The molecule has 0 aromatic carbocycles. The van der Waals surface area contributed by atoms with E-state index < -0.39 is 0 Å². The molecule has 1 aromatic heterocycles. The minimum Gasteiger partial charge on any atom is -0.277 e. The van der Waals surface area contributed by atoms with Crippen LogP contribution in [0.15, 0.2) is 6.20 Å². The van der Waals surface area contributed by atoms with Crippen molar-refractivity contribution in [2.75, 3.05) is 7.11 Å². The fraction of sp³-hybridized carbons (Fsp3) is 0.375. The minimum atomic E-state index is -0.356. The van der Waals surface area contributed by atoms with Crippen LogP contribution in [0, 0.1) is 13.8 Å². The number of rotatable bonds is 2. The molecule has 70 valence electrons. The molecule has 1 N–H and O–H groups in total. The second kappa shape index (κ2) is 3.95. The molecule has 0 radical (unpaired) electrons. The molecule has 1 heterocycles. The van der Waals surface area contributed by atoms with Crippen LogP contribution < -0.4 is 5.48 Å². The van der Waals surface area contributed by atoms with E-state index >= 15 is 0 Å². The van der Waals surface area contributed by atoms with Gasteiger partial charge in [-0.3, -0.25) is 9.63 Å². The lowest BCUT2D eigenvalue weighted by molar-refractivity contribution is 0.0531. The summed E-state index contributed by atoms with van der Waals surface area (Å²) in [6, 6.07) is 0. The summed E-state index contributed by atoms with van der Waals surface area (Å²) in [6.45, 7) is 3.49. The van der Waals surface area contributed by atoms with Gasteiger partial charge in [0.2, 0.25) is 0 Å². The van der Waals surface area contributed by atoms with Crippen LogP contribution in [0.5, 0.6) is 0 Å². The van der Waals surface area contributed by atoms with Gasteiger partial charge >= 0.3 is 0 Å². The molecule has 0 saturated heterocycles. The predicted molar refractivity (Wildman–Crippen MR) is 46.0 cm³/mol. The number of aryl methyl sites for hydroxylation is 2. The molecule has 5 heteroatoms. The van der Waals surface area contributed by atoms with Gasteiger partial charge in [-0.1, -0.05) is 0 Å².